The van der Waals surface area contributed by atoms with E-state index in [1.807, 2.05) is 0 Å². The van der Waals surface area contributed by atoms with Gasteiger partial charge in [-0.1, -0.05) is 0 Å². The molecule has 0 aliphatic heterocycles. The number of hydrogen-bond donors (Lipinski definition) is 1. The highest BCUT2D eigenvalue weighted by Crippen LogP contribution is 2.39. The van der Waals surface area contributed by atoms with Crippen LogP contribution in [0.2, 0.25) is 0 Å². The predicted molar refractivity (Wildman–Crippen MR) is 87.7 cm³/mol. The molecule has 6 nitrogen and oxygen atoms in total. The number of halogens is 1. The average Bonchev–Trinajstić information content (AvgIpc) is 2.85. The van der Waals surface area contributed by atoms with E-state index in [9.17, 15) is 14.4 Å². The summed E-state index contributed by atoms with van der Waals surface area (Å²) in [5, 5.41) is 13.4. The Morgan fingerprint density at radius 2 is 1.79 bits per heavy atom. The molecular weight excluding hydrogens is 315 g/mol. The molecule has 0 saturated carbocycles. The molecule has 2 aromatic carbocycles. The minimum absolute atomic E-state index is 0.181. The monoisotopic (exact) mass is 330 g/mol. The van der Waals surface area contributed by atoms with Crippen LogP contribution in [0.3, 0.4) is 0 Å². The number of hydrogen-bond acceptors (Lipinski definition) is 5. The molecule has 0 unspecified atom stereocenters. The van der Waals surface area contributed by atoms with E-state index in [0.29, 0.717) is 17.0 Å². The largest absolute Gasteiger partial charge is 0.497 e. The van der Waals surface area contributed by atoms with E-state index >= 15 is 0 Å². The lowest BCUT2D eigenvalue weighted by Crippen LogP contribution is -2.00. The van der Waals surface area contributed by atoms with Crippen molar-refractivity contribution in [2.24, 2.45) is 5.18 Å². The number of nitrogens with zero attached hydrogens (tertiary/aromatic N) is 2. The van der Waals surface area contributed by atoms with E-state index < -0.39 is 5.82 Å². The third-order valence-corrected chi connectivity index (χ3v) is 3.82. The van der Waals surface area contributed by atoms with Crippen molar-refractivity contribution in [1.29, 1.82) is 0 Å². The first-order chi connectivity index (χ1) is 11.6. The van der Waals surface area contributed by atoms with Crippen LogP contribution in [0.5, 0.6) is 17.4 Å². The van der Waals surface area contributed by atoms with Crippen LogP contribution in [-0.4, -0.2) is 23.9 Å². The first kappa shape index (κ1) is 15.8. The second-order valence-electron chi connectivity index (χ2n) is 5.23. The molecule has 7 heteroatoms. The number of fused-ring (bicyclic) bond motifs is 1. The average molecular weight is 330 g/mol. The highest BCUT2D eigenvalue weighted by atomic mass is 19.1. The lowest BCUT2D eigenvalue weighted by Gasteiger charge is -2.11. The van der Waals surface area contributed by atoms with Crippen LogP contribution in [0.1, 0.15) is 5.56 Å². The molecule has 3 aromatic rings. The van der Waals surface area contributed by atoms with Crippen molar-refractivity contribution in [2.45, 2.75) is 6.54 Å². The topological polar surface area (TPSA) is 73.0 Å². The Balaban J connectivity index is 2.14. The normalized spacial score (nSPS) is 10.8. The molecule has 0 spiro atoms. The Kier molecular flexibility index (Phi) is 4.07. The zero-order valence-electron chi connectivity index (χ0n) is 13.1. The van der Waals surface area contributed by atoms with Crippen LogP contribution in [0.15, 0.2) is 41.6 Å². The van der Waals surface area contributed by atoms with Gasteiger partial charge in [0.25, 0.3) is 0 Å². The van der Waals surface area contributed by atoms with Crippen LogP contribution in [0.4, 0.5) is 10.1 Å². The minimum atomic E-state index is -0.507. The van der Waals surface area contributed by atoms with Gasteiger partial charge in [-0.2, -0.15) is 0 Å². The Morgan fingerprint density at radius 3 is 2.38 bits per heavy atom. The van der Waals surface area contributed by atoms with E-state index in [2.05, 4.69) is 5.18 Å². The Bertz CT molecular complexity index is 898. The SMILES string of the molecule is COc1cc(Cn2c(O)c(N=O)c3cc(F)ccc32)cc(OC)c1. The van der Waals surface area contributed by atoms with Crippen LogP contribution in [0, 0.1) is 10.7 Å². The fraction of sp³-hybridized carbons (Fsp3) is 0.176. The van der Waals surface area contributed by atoms with Gasteiger partial charge >= 0.3 is 0 Å². The Hall–Kier alpha value is -3.09. The van der Waals surface area contributed by atoms with E-state index in [1.54, 1.807) is 18.2 Å². The molecule has 0 bridgehead atoms. The summed E-state index contributed by atoms with van der Waals surface area (Å²) >= 11 is 0. The molecule has 3 rings (SSSR count). The summed E-state index contributed by atoms with van der Waals surface area (Å²) in [4.78, 5) is 11.0. The molecule has 1 heterocycles. The van der Waals surface area contributed by atoms with Gasteiger partial charge < -0.3 is 19.1 Å². The zero-order valence-corrected chi connectivity index (χ0v) is 13.1. The summed E-state index contributed by atoms with van der Waals surface area (Å²) < 4.78 is 25.4. The lowest BCUT2D eigenvalue weighted by atomic mass is 10.2. The molecular formula is C17H15FN2O4. The quantitative estimate of drug-likeness (QED) is 0.719. The van der Waals surface area contributed by atoms with E-state index in [4.69, 9.17) is 9.47 Å². The van der Waals surface area contributed by atoms with Crippen LogP contribution >= 0.6 is 0 Å². The molecule has 0 saturated heterocycles. The molecule has 1 aromatic heterocycles. The summed E-state index contributed by atoms with van der Waals surface area (Å²) in [7, 11) is 3.08. The third kappa shape index (κ3) is 2.64. The van der Waals surface area contributed by atoms with Gasteiger partial charge in [-0.3, -0.25) is 0 Å². The van der Waals surface area contributed by atoms with Crippen molar-refractivity contribution < 1.29 is 19.0 Å². The van der Waals surface area contributed by atoms with Crippen LogP contribution < -0.4 is 9.47 Å². The van der Waals surface area contributed by atoms with Crippen LogP contribution in [0.25, 0.3) is 10.9 Å². The molecule has 0 atom stereocenters. The second kappa shape index (κ2) is 6.19. The molecule has 0 radical (unpaired) electrons. The highest BCUT2D eigenvalue weighted by Gasteiger charge is 2.18. The number of aromatic hydroxyl groups is 1. The number of rotatable bonds is 5. The number of benzene rings is 2. The predicted octanol–water partition coefficient (Wildman–Crippen LogP) is 3.95. The van der Waals surface area contributed by atoms with E-state index in [0.717, 1.165) is 5.56 Å². The second-order valence-corrected chi connectivity index (χ2v) is 5.23. The summed E-state index contributed by atoms with van der Waals surface area (Å²) in [6.45, 7) is 0.233. The number of methoxy groups -OCH3 is 2. The first-order valence-electron chi connectivity index (χ1n) is 7.13. The van der Waals surface area contributed by atoms with Gasteiger partial charge in [0.1, 0.15) is 17.3 Å². The maximum absolute atomic E-state index is 13.5. The fourth-order valence-corrected chi connectivity index (χ4v) is 2.69. The van der Waals surface area contributed by atoms with Gasteiger partial charge in [0, 0.05) is 11.5 Å². The molecule has 0 amide bonds. The van der Waals surface area contributed by atoms with Gasteiger partial charge in [-0.15, -0.1) is 4.91 Å². The number of ether oxygens (including phenoxy) is 2. The van der Waals surface area contributed by atoms with E-state index in [-0.39, 0.29) is 23.5 Å². The molecule has 0 aliphatic carbocycles. The summed E-state index contributed by atoms with van der Waals surface area (Å²) in [5.41, 5.74) is 1.10. The summed E-state index contributed by atoms with van der Waals surface area (Å²) in [6, 6.07) is 9.23. The van der Waals surface area contributed by atoms with Gasteiger partial charge in [0.05, 0.1) is 26.3 Å². The lowest BCUT2D eigenvalue weighted by molar-refractivity contribution is 0.392. The third-order valence-electron chi connectivity index (χ3n) is 3.82. The van der Waals surface area contributed by atoms with Crippen molar-refractivity contribution in [3.63, 3.8) is 0 Å². The molecule has 124 valence electrons. The number of nitroso groups, excluding NO2 is 1. The van der Waals surface area contributed by atoms with Crippen LogP contribution in [-0.2, 0) is 6.54 Å². The van der Waals surface area contributed by atoms with Crippen molar-refractivity contribution >= 4 is 16.6 Å². The molecule has 1 N–H and O–H groups in total. The van der Waals surface area contributed by atoms with Crippen molar-refractivity contribution in [3.8, 4) is 17.4 Å². The first-order valence-corrected chi connectivity index (χ1v) is 7.13. The van der Waals surface area contributed by atoms with Crippen molar-refractivity contribution in [3.05, 3.63) is 52.7 Å². The van der Waals surface area contributed by atoms with Gasteiger partial charge in [-0.05, 0) is 41.1 Å². The number of aromatic nitrogens is 1. The summed E-state index contributed by atoms with van der Waals surface area (Å²) in [5.74, 6) is 0.375. The highest BCUT2D eigenvalue weighted by molar-refractivity contribution is 5.95. The smallest absolute Gasteiger partial charge is 0.222 e. The molecule has 0 aliphatic rings. The maximum atomic E-state index is 13.5. The Morgan fingerprint density at radius 1 is 1.12 bits per heavy atom. The molecule has 24 heavy (non-hydrogen) atoms. The fourth-order valence-electron chi connectivity index (χ4n) is 2.69. The van der Waals surface area contributed by atoms with Gasteiger partial charge in [0.2, 0.25) is 5.88 Å². The standard InChI is InChI=1S/C17H15FN2O4/c1-23-12-5-10(6-13(8-12)24-2)9-20-15-4-3-11(18)7-14(15)16(19-22)17(20)21/h3-8,21H,9H2,1-2H3. The summed E-state index contributed by atoms with van der Waals surface area (Å²) in [6.07, 6.45) is 0. The maximum Gasteiger partial charge on any atom is 0.222 e. The molecule has 0 fully saturated rings. The van der Waals surface area contributed by atoms with Gasteiger partial charge in [0.15, 0.2) is 5.69 Å². The van der Waals surface area contributed by atoms with E-state index in [1.165, 1.54) is 37.0 Å². The minimum Gasteiger partial charge on any atom is -0.497 e. The van der Waals surface area contributed by atoms with Gasteiger partial charge in [-0.25, -0.2) is 4.39 Å². The zero-order chi connectivity index (χ0) is 17.3. The van der Waals surface area contributed by atoms with Crippen molar-refractivity contribution in [2.75, 3.05) is 14.2 Å². The van der Waals surface area contributed by atoms with Crippen molar-refractivity contribution in [1.82, 2.24) is 4.57 Å². The Labute approximate surface area is 137 Å².